The highest BCUT2D eigenvalue weighted by atomic mass is 16.5. The number of carboxylic acids is 1. The summed E-state index contributed by atoms with van der Waals surface area (Å²) in [6.45, 7) is 3.03. The lowest BCUT2D eigenvalue weighted by Crippen LogP contribution is -2.19. The van der Waals surface area contributed by atoms with Crippen molar-refractivity contribution in [2.75, 3.05) is 13.7 Å². The topological polar surface area (TPSA) is 58.6 Å². The summed E-state index contributed by atoms with van der Waals surface area (Å²) < 4.78 is 5.13. The molecule has 0 aliphatic carbocycles. The number of nitrogens with one attached hydrogen (secondary N) is 1. The first-order valence-corrected chi connectivity index (χ1v) is 6.72. The molecule has 0 spiro atoms. The Bertz CT molecular complexity index is 375. The van der Waals surface area contributed by atoms with Crippen LogP contribution in [0.1, 0.15) is 44.2 Å². The Morgan fingerprint density at radius 2 is 1.95 bits per heavy atom. The molecule has 0 bridgehead atoms. The van der Waals surface area contributed by atoms with Crippen molar-refractivity contribution in [1.29, 1.82) is 0 Å². The van der Waals surface area contributed by atoms with E-state index in [1.807, 2.05) is 12.1 Å². The summed E-state index contributed by atoms with van der Waals surface area (Å²) in [7, 11) is 1.66. The third-order valence-electron chi connectivity index (χ3n) is 3.13. The Hall–Kier alpha value is -1.55. The van der Waals surface area contributed by atoms with E-state index in [9.17, 15) is 4.79 Å². The summed E-state index contributed by atoms with van der Waals surface area (Å²) in [5, 5.41) is 12.0. The minimum absolute atomic E-state index is 0.272. The van der Waals surface area contributed by atoms with Crippen molar-refractivity contribution in [3.63, 3.8) is 0 Å². The molecule has 0 saturated heterocycles. The van der Waals surface area contributed by atoms with Gasteiger partial charge in [-0.25, -0.2) is 0 Å². The highest BCUT2D eigenvalue weighted by Gasteiger charge is 2.04. The number of carboxylic acid groups (broad SMARTS) is 1. The molecule has 1 aromatic rings. The van der Waals surface area contributed by atoms with Gasteiger partial charge in [-0.3, -0.25) is 4.79 Å². The van der Waals surface area contributed by atoms with Gasteiger partial charge in [0.05, 0.1) is 7.11 Å². The Morgan fingerprint density at radius 1 is 1.26 bits per heavy atom. The minimum atomic E-state index is -0.709. The van der Waals surface area contributed by atoms with Crippen LogP contribution in [0.4, 0.5) is 0 Å². The second-order valence-electron chi connectivity index (χ2n) is 4.65. The molecule has 106 valence electrons. The van der Waals surface area contributed by atoms with E-state index in [0.717, 1.165) is 31.6 Å². The highest BCUT2D eigenvalue weighted by Crippen LogP contribution is 2.17. The fraction of sp³-hybridized carbons (Fsp3) is 0.533. The predicted octanol–water partition coefficient (Wildman–Crippen LogP) is 2.99. The van der Waals surface area contributed by atoms with Crippen molar-refractivity contribution in [3.8, 4) is 5.75 Å². The smallest absolute Gasteiger partial charge is 0.303 e. The van der Waals surface area contributed by atoms with Crippen molar-refractivity contribution in [3.05, 3.63) is 29.8 Å². The Morgan fingerprint density at radius 3 is 2.53 bits per heavy atom. The molecule has 1 unspecified atom stereocenters. The first-order valence-electron chi connectivity index (χ1n) is 6.72. The molecular formula is C15H23NO3. The lowest BCUT2D eigenvalue weighted by Gasteiger charge is -2.14. The lowest BCUT2D eigenvalue weighted by molar-refractivity contribution is -0.137. The zero-order valence-corrected chi connectivity index (χ0v) is 11.7. The molecular weight excluding hydrogens is 242 g/mol. The fourth-order valence-corrected chi connectivity index (χ4v) is 1.91. The van der Waals surface area contributed by atoms with E-state index in [1.54, 1.807) is 7.11 Å². The molecule has 0 fully saturated rings. The molecule has 0 saturated carbocycles. The van der Waals surface area contributed by atoms with Crippen molar-refractivity contribution in [2.24, 2.45) is 0 Å². The number of carbonyl (C=O) groups is 1. The first kappa shape index (κ1) is 15.5. The van der Waals surface area contributed by atoms with Crippen LogP contribution in [0.2, 0.25) is 0 Å². The number of benzene rings is 1. The summed E-state index contributed by atoms with van der Waals surface area (Å²) in [6.07, 6.45) is 2.99. The monoisotopic (exact) mass is 265 g/mol. The Balaban J connectivity index is 2.19. The van der Waals surface area contributed by atoms with Crippen LogP contribution >= 0.6 is 0 Å². The van der Waals surface area contributed by atoms with Gasteiger partial charge in [0, 0.05) is 12.5 Å². The highest BCUT2D eigenvalue weighted by molar-refractivity contribution is 5.66. The summed E-state index contributed by atoms with van der Waals surface area (Å²) in [5.74, 6) is 0.157. The van der Waals surface area contributed by atoms with Gasteiger partial charge in [-0.15, -0.1) is 0 Å². The summed E-state index contributed by atoms with van der Waals surface area (Å²) in [4.78, 5) is 10.4. The molecule has 4 nitrogen and oxygen atoms in total. The molecule has 4 heteroatoms. The quantitative estimate of drug-likeness (QED) is 0.674. The van der Waals surface area contributed by atoms with Crippen LogP contribution in [-0.2, 0) is 4.79 Å². The van der Waals surface area contributed by atoms with Crippen LogP contribution < -0.4 is 10.1 Å². The van der Waals surface area contributed by atoms with Gasteiger partial charge in [0.1, 0.15) is 5.75 Å². The first-order chi connectivity index (χ1) is 9.13. The molecule has 2 N–H and O–H groups in total. The third kappa shape index (κ3) is 6.25. The van der Waals surface area contributed by atoms with Crippen LogP contribution in [0.5, 0.6) is 5.75 Å². The molecule has 0 aromatic heterocycles. The van der Waals surface area contributed by atoms with Crippen LogP contribution in [-0.4, -0.2) is 24.7 Å². The summed E-state index contributed by atoms with van der Waals surface area (Å²) in [5.41, 5.74) is 1.23. The van der Waals surface area contributed by atoms with Gasteiger partial charge in [0.25, 0.3) is 0 Å². The van der Waals surface area contributed by atoms with E-state index in [0.29, 0.717) is 6.04 Å². The van der Waals surface area contributed by atoms with Crippen LogP contribution in [0, 0.1) is 0 Å². The Labute approximate surface area is 114 Å². The van der Waals surface area contributed by atoms with Crippen molar-refractivity contribution in [1.82, 2.24) is 5.32 Å². The van der Waals surface area contributed by atoms with Crippen LogP contribution in [0.15, 0.2) is 24.3 Å². The molecule has 0 amide bonds. The van der Waals surface area contributed by atoms with E-state index in [-0.39, 0.29) is 6.42 Å². The lowest BCUT2D eigenvalue weighted by atomic mass is 10.1. The van der Waals surface area contributed by atoms with E-state index in [4.69, 9.17) is 9.84 Å². The van der Waals surface area contributed by atoms with Crippen LogP contribution in [0.3, 0.4) is 0 Å². The largest absolute Gasteiger partial charge is 0.497 e. The third-order valence-corrected chi connectivity index (χ3v) is 3.13. The van der Waals surface area contributed by atoms with Gasteiger partial charge in [0.15, 0.2) is 0 Å². The van der Waals surface area contributed by atoms with Gasteiger partial charge in [-0.05, 0) is 44.0 Å². The molecule has 0 aliphatic rings. The number of hydrogen-bond donors (Lipinski definition) is 2. The van der Waals surface area contributed by atoms with Crippen molar-refractivity contribution in [2.45, 2.75) is 38.6 Å². The number of hydrogen-bond acceptors (Lipinski definition) is 3. The van der Waals surface area contributed by atoms with E-state index in [1.165, 1.54) is 5.56 Å². The maximum atomic E-state index is 10.4. The van der Waals surface area contributed by atoms with Gasteiger partial charge >= 0.3 is 5.97 Å². The predicted molar refractivity (Wildman–Crippen MR) is 75.5 cm³/mol. The number of unbranched alkanes of at least 4 members (excludes halogenated alkanes) is 2. The zero-order valence-electron chi connectivity index (χ0n) is 11.7. The maximum Gasteiger partial charge on any atom is 0.303 e. The molecule has 0 aliphatic heterocycles. The van der Waals surface area contributed by atoms with Crippen molar-refractivity contribution < 1.29 is 14.6 Å². The second kappa shape index (κ2) is 8.53. The normalized spacial score (nSPS) is 12.1. The van der Waals surface area contributed by atoms with Gasteiger partial charge in [0.2, 0.25) is 0 Å². The average Bonchev–Trinajstić information content (AvgIpc) is 2.42. The molecule has 1 aromatic carbocycles. The summed E-state index contributed by atoms with van der Waals surface area (Å²) >= 11 is 0. The standard InChI is InChI=1S/C15H23NO3/c1-12(13-7-9-14(19-2)10-8-13)16-11-5-3-4-6-15(17)18/h7-10,12,16H,3-6,11H2,1-2H3,(H,17,18). The van der Waals surface area contributed by atoms with Gasteiger partial charge < -0.3 is 15.2 Å². The molecule has 1 atom stereocenters. The zero-order chi connectivity index (χ0) is 14.1. The van der Waals surface area contributed by atoms with Gasteiger partial charge in [-0.2, -0.15) is 0 Å². The maximum absolute atomic E-state index is 10.4. The average molecular weight is 265 g/mol. The van der Waals surface area contributed by atoms with Crippen LogP contribution in [0.25, 0.3) is 0 Å². The molecule has 0 heterocycles. The SMILES string of the molecule is COc1ccc(C(C)NCCCCCC(=O)O)cc1. The minimum Gasteiger partial charge on any atom is -0.497 e. The molecule has 0 radical (unpaired) electrons. The molecule has 1 rings (SSSR count). The van der Waals surface area contributed by atoms with E-state index < -0.39 is 5.97 Å². The Kier molecular flexibility index (Phi) is 6.97. The van der Waals surface area contributed by atoms with Gasteiger partial charge in [-0.1, -0.05) is 18.6 Å². The number of rotatable bonds is 9. The number of aliphatic carboxylic acids is 1. The second-order valence-corrected chi connectivity index (χ2v) is 4.65. The fourth-order valence-electron chi connectivity index (χ4n) is 1.91. The number of ether oxygens (including phenoxy) is 1. The number of methoxy groups -OCH3 is 1. The van der Waals surface area contributed by atoms with Crippen molar-refractivity contribution >= 4 is 5.97 Å². The summed E-state index contributed by atoms with van der Waals surface area (Å²) in [6, 6.07) is 8.33. The van der Waals surface area contributed by atoms with E-state index >= 15 is 0 Å². The molecule has 19 heavy (non-hydrogen) atoms. The van der Waals surface area contributed by atoms with E-state index in [2.05, 4.69) is 24.4 Å².